The van der Waals surface area contributed by atoms with Crippen molar-refractivity contribution < 1.29 is 9.90 Å². The number of pyridine rings is 2. The summed E-state index contributed by atoms with van der Waals surface area (Å²) >= 11 is 0. The fraction of sp³-hybridized carbons (Fsp3) is 0.308. The van der Waals surface area contributed by atoms with Crippen LogP contribution in [0.15, 0.2) is 29.2 Å². The Balaban J connectivity index is 1.77. The number of rotatable bonds is 2. The van der Waals surface area contributed by atoms with Gasteiger partial charge in [0.15, 0.2) is 0 Å². The van der Waals surface area contributed by atoms with Gasteiger partial charge in [0.2, 0.25) is 5.56 Å². The lowest BCUT2D eigenvalue weighted by Crippen LogP contribution is -2.30. The van der Waals surface area contributed by atoms with Crippen LogP contribution in [0.5, 0.6) is 0 Å². The second-order valence-electron chi connectivity index (χ2n) is 4.84. The molecule has 2 aromatic heterocycles. The van der Waals surface area contributed by atoms with Crippen molar-refractivity contribution in [3.63, 3.8) is 0 Å². The maximum absolute atomic E-state index is 11.2. The van der Waals surface area contributed by atoms with E-state index in [9.17, 15) is 9.59 Å². The summed E-state index contributed by atoms with van der Waals surface area (Å²) in [6.45, 7) is 1.01. The number of nitrogens with one attached hydrogen (secondary N) is 2. The number of hydrogen-bond acceptors (Lipinski definition) is 4. The molecule has 7 heteroatoms. The topological polar surface area (TPSA) is 98.3 Å². The van der Waals surface area contributed by atoms with Crippen molar-refractivity contribution in [3.8, 4) is 0 Å². The molecule has 0 saturated carbocycles. The summed E-state index contributed by atoms with van der Waals surface area (Å²) in [5.74, 6) is 0. The third-order valence-electron chi connectivity index (χ3n) is 3.40. The Morgan fingerprint density at radius 3 is 3.10 bits per heavy atom. The molecule has 7 nitrogen and oxygen atoms in total. The van der Waals surface area contributed by atoms with Crippen molar-refractivity contribution in [1.82, 2.24) is 14.9 Å². The lowest BCUT2D eigenvalue weighted by molar-refractivity contribution is 0.155. The average molecular weight is 274 g/mol. The van der Waals surface area contributed by atoms with Crippen LogP contribution in [0.1, 0.15) is 6.42 Å². The third-order valence-corrected chi connectivity index (χ3v) is 3.40. The Labute approximate surface area is 114 Å². The standard InChI is InChI=1S/C13H14N4O3/c18-11-2-1-8-5-10(6-14-12(8)16-11)15-9-3-4-17(7-9)13(19)20/h1-2,5-6,9,15H,3-4,7H2,(H,19,20)(H,14,16,18)/t9-/m1/s1. The van der Waals surface area contributed by atoms with E-state index in [2.05, 4.69) is 15.3 Å². The first-order valence-electron chi connectivity index (χ1n) is 6.35. The fourth-order valence-electron chi connectivity index (χ4n) is 2.40. The molecule has 0 aromatic carbocycles. The van der Waals surface area contributed by atoms with E-state index in [-0.39, 0.29) is 11.6 Å². The van der Waals surface area contributed by atoms with Gasteiger partial charge in [-0.1, -0.05) is 0 Å². The minimum absolute atomic E-state index is 0.0908. The molecule has 1 saturated heterocycles. The SMILES string of the molecule is O=C(O)N1CC[C@@H](Nc2cnc3[nH]c(=O)ccc3c2)C1. The predicted molar refractivity (Wildman–Crippen MR) is 74.0 cm³/mol. The molecule has 1 amide bonds. The van der Waals surface area contributed by atoms with Gasteiger partial charge >= 0.3 is 6.09 Å². The lowest BCUT2D eigenvalue weighted by atomic mass is 10.2. The predicted octanol–water partition coefficient (Wildman–Crippen LogP) is 1.09. The van der Waals surface area contributed by atoms with Gasteiger partial charge in [-0.15, -0.1) is 0 Å². The Morgan fingerprint density at radius 2 is 2.35 bits per heavy atom. The molecule has 0 radical (unpaired) electrons. The number of anilines is 1. The largest absolute Gasteiger partial charge is 0.465 e. The first-order valence-corrected chi connectivity index (χ1v) is 6.35. The highest BCUT2D eigenvalue weighted by Gasteiger charge is 2.25. The Kier molecular flexibility index (Phi) is 3.02. The van der Waals surface area contributed by atoms with Crippen LogP contribution in [0, 0.1) is 0 Å². The highest BCUT2D eigenvalue weighted by atomic mass is 16.4. The second kappa shape index (κ2) is 4.84. The van der Waals surface area contributed by atoms with E-state index in [0.717, 1.165) is 17.5 Å². The molecular weight excluding hydrogens is 260 g/mol. The monoisotopic (exact) mass is 274 g/mol. The zero-order valence-corrected chi connectivity index (χ0v) is 10.7. The van der Waals surface area contributed by atoms with Gasteiger partial charge in [-0.2, -0.15) is 0 Å². The van der Waals surface area contributed by atoms with Crippen LogP contribution < -0.4 is 10.9 Å². The summed E-state index contributed by atoms with van der Waals surface area (Å²) in [5.41, 5.74) is 1.18. The molecule has 104 valence electrons. The first kappa shape index (κ1) is 12.5. The van der Waals surface area contributed by atoms with Crippen LogP contribution in [0.25, 0.3) is 11.0 Å². The van der Waals surface area contributed by atoms with E-state index < -0.39 is 6.09 Å². The highest BCUT2D eigenvalue weighted by molar-refractivity contribution is 5.78. The smallest absolute Gasteiger partial charge is 0.407 e. The molecule has 0 bridgehead atoms. The fourth-order valence-corrected chi connectivity index (χ4v) is 2.40. The summed E-state index contributed by atoms with van der Waals surface area (Å²) in [5, 5.41) is 13.0. The molecule has 1 fully saturated rings. The number of hydrogen-bond donors (Lipinski definition) is 3. The molecule has 3 rings (SSSR count). The summed E-state index contributed by atoms with van der Waals surface area (Å²) in [4.78, 5) is 30.3. The first-order chi connectivity index (χ1) is 9.61. The van der Waals surface area contributed by atoms with E-state index in [1.165, 1.54) is 11.0 Å². The lowest BCUT2D eigenvalue weighted by Gasteiger charge is -2.15. The molecule has 20 heavy (non-hydrogen) atoms. The van der Waals surface area contributed by atoms with Crippen molar-refractivity contribution in [3.05, 3.63) is 34.7 Å². The number of carbonyl (C=O) groups is 1. The normalized spacial score (nSPS) is 18.4. The average Bonchev–Trinajstić information content (AvgIpc) is 2.88. The molecule has 3 heterocycles. The van der Waals surface area contributed by atoms with Crippen LogP contribution in [-0.2, 0) is 0 Å². The Hall–Kier alpha value is -2.57. The molecular formula is C13H14N4O3. The van der Waals surface area contributed by atoms with Gasteiger partial charge in [-0.05, 0) is 18.6 Å². The number of aromatic amines is 1. The second-order valence-corrected chi connectivity index (χ2v) is 4.84. The number of fused-ring (bicyclic) bond motifs is 1. The van der Waals surface area contributed by atoms with Crippen LogP contribution >= 0.6 is 0 Å². The minimum Gasteiger partial charge on any atom is -0.465 e. The van der Waals surface area contributed by atoms with E-state index in [1.807, 2.05) is 6.07 Å². The number of H-pyrrole nitrogens is 1. The quantitative estimate of drug-likeness (QED) is 0.761. The Bertz CT molecular complexity index is 712. The van der Waals surface area contributed by atoms with Gasteiger partial charge in [0, 0.05) is 30.6 Å². The molecule has 1 aliphatic rings. The molecule has 0 aliphatic carbocycles. The zero-order valence-electron chi connectivity index (χ0n) is 10.7. The van der Waals surface area contributed by atoms with Crippen molar-refractivity contribution in [2.75, 3.05) is 18.4 Å². The van der Waals surface area contributed by atoms with Crippen LogP contribution in [-0.4, -0.2) is 45.2 Å². The molecule has 1 atom stereocenters. The minimum atomic E-state index is -0.886. The van der Waals surface area contributed by atoms with Gasteiger partial charge < -0.3 is 20.3 Å². The van der Waals surface area contributed by atoms with E-state index >= 15 is 0 Å². The maximum Gasteiger partial charge on any atom is 0.407 e. The van der Waals surface area contributed by atoms with Crippen LogP contribution in [0.2, 0.25) is 0 Å². The van der Waals surface area contributed by atoms with Gasteiger partial charge in [0.05, 0.1) is 11.9 Å². The number of amides is 1. The van der Waals surface area contributed by atoms with Crippen molar-refractivity contribution in [2.45, 2.75) is 12.5 Å². The molecule has 1 aliphatic heterocycles. The van der Waals surface area contributed by atoms with Crippen LogP contribution in [0.3, 0.4) is 0 Å². The van der Waals surface area contributed by atoms with Gasteiger partial charge in [-0.25, -0.2) is 9.78 Å². The summed E-state index contributed by atoms with van der Waals surface area (Å²) < 4.78 is 0. The maximum atomic E-state index is 11.2. The van der Waals surface area contributed by atoms with E-state index in [1.54, 1.807) is 12.3 Å². The van der Waals surface area contributed by atoms with Gasteiger partial charge in [0.1, 0.15) is 5.65 Å². The molecule has 0 unspecified atom stereocenters. The van der Waals surface area contributed by atoms with Crippen molar-refractivity contribution >= 4 is 22.8 Å². The van der Waals surface area contributed by atoms with Crippen molar-refractivity contribution in [2.24, 2.45) is 0 Å². The van der Waals surface area contributed by atoms with Crippen LogP contribution in [0.4, 0.5) is 10.5 Å². The van der Waals surface area contributed by atoms with E-state index in [4.69, 9.17) is 5.11 Å². The summed E-state index contributed by atoms with van der Waals surface area (Å²) in [6, 6.07) is 5.15. The van der Waals surface area contributed by atoms with Gasteiger partial charge in [0.25, 0.3) is 0 Å². The number of aromatic nitrogens is 2. The van der Waals surface area contributed by atoms with E-state index in [0.29, 0.717) is 18.7 Å². The number of carboxylic acid groups (broad SMARTS) is 1. The van der Waals surface area contributed by atoms with Gasteiger partial charge in [-0.3, -0.25) is 4.79 Å². The molecule has 3 N–H and O–H groups in total. The highest BCUT2D eigenvalue weighted by Crippen LogP contribution is 2.18. The summed E-state index contributed by atoms with van der Waals surface area (Å²) in [6.07, 6.45) is 1.53. The Morgan fingerprint density at radius 1 is 1.50 bits per heavy atom. The molecule has 0 spiro atoms. The number of likely N-dealkylation sites (tertiary alicyclic amines) is 1. The zero-order chi connectivity index (χ0) is 14.1. The number of nitrogens with zero attached hydrogens (tertiary/aromatic N) is 2. The third kappa shape index (κ3) is 2.42. The summed E-state index contributed by atoms with van der Waals surface area (Å²) in [7, 11) is 0. The van der Waals surface area contributed by atoms with Crippen molar-refractivity contribution in [1.29, 1.82) is 0 Å². The molecule has 2 aromatic rings.